The van der Waals surface area contributed by atoms with Gasteiger partial charge in [0, 0.05) is 19.5 Å². The van der Waals surface area contributed by atoms with Crippen LogP contribution in [0.15, 0.2) is 4.52 Å². The molecular weight excluding hydrogens is 310 g/mol. The van der Waals surface area contributed by atoms with Gasteiger partial charge in [-0.05, 0) is 32.2 Å². The van der Waals surface area contributed by atoms with Gasteiger partial charge in [0.05, 0.1) is 18.5 Å². The first-order valence-electron chi connectivity index (χ1n) is 8.72. The Morgan fingerprint density at radius 2 is 2.08 bits per heavy atom. The summed E-state index contributed by atoms with van der Waals surface area (Å²) < 4.78 is 5.20. The van der Waals surface area contributed by atoms with Crippen molar-refractivity contribution in [2.24, 2.45) is 11.7 Å². The van der Waals surface area contributed by atoms with Gasteiger partial charge in [0.1, 0.15) is 0 Å². The van der Waals surface area contributed by atoms with Crippen LogP contribution in [-0.4, -0.2) is 57.9 Å². The van der Waals surface area contributed by atoms with Crippen LogP contribution in [0.4, 0.5) is 0 Å². The van der Waals surface area contributed by atoms with Crippen LogP contribution in [0, 0.1) is 5.92 Å². The molecule has 3 rings (SSSR count). The van der Waals surface area contributed by atoms with Crippen LogP contribution >= 0.6 is 0 Å². The zero-order chi connectivity index (χ0) is 17.1. The fourth-order valence-electron chi connectivity index (χ4n) is 3.56. The van der Waals surface area contributed by atoms with E-state index in [0.29, 0.717) is 37.8 Å². The maximum absolute atomic E-state index is 12.6. The Bertz CT molecular complexity index is 602. The molecule has 0 aromatic carbocycles. The summed E-state index contributed by atoms with van der Waals surface area (Å²) in [6.07, 6.45) is 4.25. The Balaban J connectivity index is 1.61. The summed E-state index contributed by atoms with van der Waals surface area (Å²) in [6.45, 7) is 4.28. The van der Waals surface area contributed by atoms with Gasteiger partial charge < -0.3 is 15.2 Å². The van der Waals surface area contributed by atoms with Crippen molar-refractivity contribution in [1.29, 1.82) is 0 Å². The van der Waals surface area contributed by atoms with Crippen LogP contribution in [0.1, 0.15) is 50.4 Å². The number of hydrogen-bond donors (Lipinski definition) is 1. The second-order valence-corrected chi connectivity index (χ2v) is 6.61. The maximum atomic E-state index is 12.6. The van der Waals surface area contributed by atoms with Crippen LogP contribution in [-0.2, 0) is 16.0 Å². The van der Waals surface area contributed by atoms with E-state index in [1.54, 1.807) is 4.90 Å². The lowest BCUT2D eigenvalue weighted by atomic mass is 9.97. The molecule has 2 aliphatic rings. The summed E-state index contributed by atoms with van der Waals surface area (Å²) in [5.41, 5.74) is 5.39. The van der Waals surface area contributed by atoms with Crippen molar-refractivity contribution in [3.8, 4) is 0 Å². The number of piperidine rings is 1. The van der Waals surface area contributed by atoms with Gasteiger partial charge in [0.25, 0.3) is 0 Å². The van der Waals surface area contributed by atoms with Gasteiger partial charge in [-0.1, -0.05) is 12.1 Å². The highest BCUT2D eigenvalue weighted by Gasteiger charge is 2.33. The highest BCUT2D eigenvalue weighted by Crippen LogP contribution is 2.30. The molecule has 8 heteroatoms. The zero-order valence-corrected chi connectivity index (χ0v) is 14.1. The average Bonchev–Trinajstić information content (AvgIpc) is 3.23. The van der Waals surface area contributed by atoms with Crippen LogP contribution < -0.4 is 5.73 Å². The zero-order valence-electron chi connectivity index (χ0n) is 14.1. The van der Waals surface area contributed by atoms with Gasteiger partial charge in [-0.25, -0.2) is 0 Å². The van der Waals surface area contributed by atoms with Crippen molar-refractivity contribution in [2.45, 2.75) is 45.1 Å². The van der Waals surface area contributed by atoms with Gasteiger partial charge in [-0.15, -0.1) is 0 Å². The molecular formula is C16H25N5O3. The third-order valence-electron chi connectivity index (χ3n) is 4.96. The second-order valence-electron chi connectivity index (χ2n) is 6.61. The van der Waals surface area contributed by atoms with Crippen molar-refractivity contribution in [1.82, 2.24) is 19.9 Å². The number of nitrogens with two attached hydrogens (primary N) is 1. The number of aromatic nitrogens is 2. The molecule has 24 heavy (non-hydrogen) atoms. The molecule has 2 saturated heterocycles. The van der Waals surface area contributed by atoms with E-state index in [2.05, 4.69) is 15.0 Å². The summed E-state index contributed by atoms with van der Waals surface area (Å²) in [5, 5.41) is 4.06. The highest BCUT2D eigenvalue weighted by atomic mass is 16.5. The number of amides is 2. The van der Waals surface area contributed by atoms with Crippen LogP contribution in [0.3, 0.4) is 0 Å². The Kier molecular flexibility index (Phi) is 5.13. The minimum atomic E-state index is -0.314. The summed E-state index contributed by atoms with van der Waals surface area (Å²) in [5.74, 6) is 0.813. The van der Waals surface area contributed by atoms with Crippen LogP contribution in [0.2, 0.25) is 0 Å². The molecule has 3 heterocycles. The predicted molar refractivity (Wildman–Crippen MR) is 85.7 cm³/mol. The van der Waals surface area contributed by atoms with Gasteiger partial charge in [0.15, 0.2) is 5.82 Å². The number of primary amides is 1. The minimum absolute atomic E-state index is 0.0368. The number of hydrogen-bond acceptors (Lipinski definition) is 6. The minimum Gasteiger partial charge on any atom is -0.369 e. The number of rotatable bonds is 5. The van der Waals surface area contributed by atoms with E-state index >= 15 is 0 Å². The van der Waals surface area contributed by atoms with Crippen molar-refractivity contribution in [3.63, 3.8) is 0 Å². The molecule has 2 N–H and O–H groups in total. The number of carbonyl (C=O) groups excluding carboxylic acids is 2. The lowest BCUT2D eigenvalue weighted by Crippen LogP contribution is -2.47. The predicted octanol–water partition coefficient (Wildman–Crippen LogP) is 0.493. The fraction of sp³-hybridized carbons (Fsp3) is 0.750. The van der Waals surface area contributed by atoms with E-state index in [-0.39, 0.29) is 23.8 Å². The number of likely N-dealkylation sites (tertiary alicyclic amines) is 2. The number of nitrogens with zero attached hydrogens (tertiary/aromatic N) is 4. The molecule has 1 aromatic heterocycles. The molecule has 0 spiro atoms. The monoisotopic (exact) mass is 335 g/mol. The molecule has 2 aliphatic heterocycles. The van der Waals surface area contributed by atoms with E-state index in [1.807, 2.05) is 6.92 Å². The first-order chi connectivity index (χ1) is 11.6. The van der Waals surface area contributed by atoms with Crippen molar-refractivity contribution >= 4 is 11.8 Å². The third kappa shape index (κ3) is 3.58. The summed E-state index contributed by atoms with van der Waals surface area (Å²) in [4.78, 5) is 32.3. The largest absolute Gasteiger partial charge is 0.369 e. The number of aryl methyl sites for hydroxylation is 1. The Morgan fingerprint density at radius 1 is 1.29 bits per heavy atom. The first-order valence-corrected chi connectivity index (χ1v) is 8.72. The molecule has 2 atom stereocenters. The van der Waals surface area contributed by atoms with Crippen LogP contribution in [0.25, 0.3) is 0 Å². The normalized spacial score (nSPS) is 25.1. The molecule has 0 radical (unpaired) electrons. The lowest BCUT2D eigenvalue weighted by molar-refractivity contribution is -0.136. The molecule has 2 amide bonds. The van der Waals surface area contributed by atoms with Crippen LogP contribution in [0.5, 0.6) is 0 Å². The van der Waals surface area contributed by atoms with Crippen molar-refractivity contribution in [3.05, 3.63) is 11.7 Å². The van der Waals surface area contributed by atoms with Gasteiger partial charge in [-0.3, -0.25) is 14.5 Å². The standard InChI is InChI=1S/C16H25N5O3/c1-2-13-18-16(19-24-13)12-6-4-7-20(12)10-14(22)21-8-3-5-11(9-21)15(17)23/h11-12H,2-10H2,1H3,(H2,17,23). The maximum Gasteiger partial charge on any atom is 0.236 e. The molecule has 0 saturated carbocycles. The quantitative estimate of drug-likeness (QED) is 0.839. The fourth-order valence-corrected chi connectivity index (χ4v) is 3.56. The topological polar surface area (TPSA) is 106 Å². The highest BCUT2D eigenvalue weighted by molar-refractivity contribution is 5.81. The Hall–Kier alpha value is -1.96. The Labute approximate surface area is 141 Å². The van der Waals surface area contributed by atoms with E-state index in [9.17, 15) is 9.59 Å². The molecule has 0 bridgehead atoms. The smallest absolute Gasteiger partial charge is 0.236 e. The molecule has 2 unspecified atom stereocenters. The lowest BCUT2D eigenvalue weighted by Gasteiger charge is -2.33. The van der Waals surface area contributed by atoms with Crippen molar-refractivity contribution < 1.29 is 14.1 Å². The van der Waals surface area contributed by atoms with Gasteiger partial charge in [-0.2, -0.15) is 4.98 Å². The molecule has 132 valence electrons. The average molecular weight is 335 g/mol. The van der Waals surface area contributed by atoms with E-state index in [4.69, 9.17) is 10.3 Å². The third-order valence-corrected chi connectivity index (χ3v) is 4.96. The molecule has 0 aliphatic carbocycles. The SMILES string of the molecule is CCc1nc(C2CCCN2CC(=O)N2CCCC(C(N)=O)C2)no1. The first kappa shape index (κ1) is 16.9. The van der Waals surface area contributed by atoms with E-state index in [0.717, 1.165) is 32.2 Å². The van der Waals surface area contributed by atoms with Crippen molar-refractivity contribution in [2.75, 3.05) is 26.2 Å². The van der Waals surface area contributed by atoms with E-state index < -0.39 is 0 Å². The summed E-state index contributed by atoms with van der Waals surface area (Å²) >= 11 is 0. The molecule has 2 fully saturated rings. The van der Waals surface area contributed by atoms with E-state index in [1.165, 1.54) is 0 Å². The second kappa shape index (κ2) is 7.29. The summed E-state index contributed by atoms with van der Waals surface area (Å²) in [6, 6.07) is 0.0368. The molecule has 8 nitrogen and oxygen atoms in total. The summed E-state index contributed by atoms with van der Waals surface area (Å²) in [7, 11) is 0. The van der Waals surface area contributed by atoms with Gasteiger partial charge >= 0.3 is 0 Å². The Morgan fingerprint density at radius 3 is 2.79 bits per heavy atom. The molecule has 1 aromatic rings. The number of carbonyl (C=O) groups is 2. The van der Waals surface area contributed by atoms with Gasteiger partial charge in [0.2, 0.25) is 17.7 Å².